The van der Waals surface area contributed by atoms with Crippen LogP contribution in [0.2, 0.25) is 0 Å². The van der Waals surface area contributed by atoms with E-state index >= 15 is 0 Å². The van der Waals surface area contributed by atoms with E-state index in [0.29, 0.717) is 6.54 Å². The monoisotopic (exact) mass is 370 g/mol. The van der Waals surface area contributed by atoms with Gasteiger partial charge in [-0.3, -0.25) is 9.80 Å². The van der Waals surface area contributed by atoms with Crippen LogP contribution in [0.3, 0.4) is 0 Å². The summed E-state index contributed by atoms with van der Waals surface area (Å²) in [5, 5.41) is 7.03. The van der Waals surface area contributed by atoms with Crippen LogP contribution in [0.15, 0.2) is 22.3 Å². The average Bonchev–Trinajstić information content (AvgIpc) is 3.06. The number of carbonyl (C=O) groups excluding carboxylic acids is 1. The number of sulfone groups is 1. The van der Waals surface area contributed by atoms with Gasteiger partial charge in [0.25, 0.3) is 5.91 Å². The zero-order valence-corrected chi connectivity index (χ0v) is 15.0. The Morgan fingerprint density at radius 3 is 2.80 bits per heavy atom. The number of ether oxygens (including phenoxy) is 1. The van der Waals surface area contributed by atoms with Crippen LogP contribution < -0.4 is 15.8 Å². The molecule has 1 saturated heterocycles. The predicted octanol–water partition coefficient (Wildman–Crippen LogP) is 0.947. The van der Waals surface area contributed by atoms with Gasteiger partial charge in [-0.1, -0.05) is 6.92 Å². The van der Waals surface area contributed by atoms with Crippen LogP contribution in [-0.2, 0) is 9.84 Å². The number of methoxy groups -OCH3 is 1. The lowest BCUT2D eigenvalue weighted by molar-refractivity contribution is 0.0937. The van der Waals surface area contributed by atoms with Crippen LogP contribution in [0.4, 0.5) is 5.69 Å². The van der Waals surface area contributed by atoms with Crippen molar-refractivity contribution in [1.29, 1.82) is 0 Å². The molecule has 25 heavy (non-hydrogen) atoms. The van der Waals surface area contributed by atoms with Gasteiger partial charge in [0.1, 0.15) is 5.75 Å². The molecular formula is C15H22N4O5S. The number of benzene rings is 1. The number of carbonyl (C=O) groups is 1. The third kappa shape index (κ3) is 4.01. The summed E-state index contributed by atoms with van der Waals surface area (Å²) in [4.78, 5) is 23.1. The van der Waals surface area contributed by atoms with Crippen molar-refractivity contribution in [2.24, 2.45) is 5.29 Å². The molecule has 0 radical (unpaired) electrons. The van der Waals surface area contributed by atoms with Crippen LogP contribution in [0.5, 0.6) is 5.75 Å². The highest BCUT2D eigenvalue weighted by Gasteiger charge is 2.26. The number of anilines is 1. The molecule has 1 amide bonds. The molecule has 1 atom stereocenters. The Morgan fingerprint density at radius 2 is 2.20 bits per heavy atom. The van der Waals surface area contributed by atoms with E-state index in [9.17, 15) is 18.1 Å². The molecule has 1 aliphatic heterocycles. The summed E-state index contributed by atoms with van der Waals surface area (Å²) in [6, 6.07) is 2.39. The standard InChI is InChI=1S/C15H22N4O5S/c1-3-25(22,23)14-7-11(13(24-2)8-12(14)16)15(20)17-9-10-5-4-6-19(10)18-21/h7-8,10H,3-6,9,16H2,1-2H3,(H,17,20). The minimum absolute atomic E-state index is 0.0300. The van der Waals surface area contributed by atoms with Crippen LogP contribution in [0.1, 0.15) is 30.1 Å². The first-order valence-corrected chi connectivity index (χ1v) is 9.57. The normalized spacial score (nSPS) is 17.4. The summed E-state index contributed by atoms with van der Waals surface area (Å²) >= 11 is 0. The number of nitrogen functional groups attached to an aromatic ring is 1. The van der Waals surface area contributed by atoms with E-state index in [4.69, 9.17) is 10.5 Å². The maximum atomic E-state index is 12.5. The van der Waals surface area contributed by atoms with E-state index in [-0.39, 0.29) is 40.2 Å². The van der Waals surface area contributed by atoms with E-state index in [0.717, 1.165) is 12.8 Å². The number of nitroso groups, excluding NO2 is 1. The second-order valence-corrected chi connectivity index (χ2v) is 7.99. The molecule has 0 bridgehead atoms. The minimum atomic E-state index is -3.58. The van der Waals surface area contributed by atoms with Gasteiger partial charge in [-0.15, -0.1) is 4.91 Å². The van der Waals surface area contributed by atoms with Crippen LogP contribution in [0.25, 0.3) is 0 Å². The molecule has 3 N–H and O–H groups in total. The largest absolute Gasteiger partial charge is 0.496 e. The van der Waals surface area contributed by atoms with E-state index < -0.39 is 15.7 Å². The van der Waals surface area contributed by atoms with Crippen LogP contribution >= 0.6 is 0 Å². The fourth-order valence-electron chi connectivity index (χ4n) is 2.79. The van der Waals surface area contributed by atoms with Crippen molar-refractivity contribution in [3.05, 3.63) is 22.6 Å². The van der Waals surface area contributed by atoms with Crippen molar-refractivity contribution < 1.29 is 17.9 Å². The van der Waals surface area contributed by atoms with E-state index in [2.05, 4.69) is 10.6 Å². The first-order chi connectivity index (χ1) is 11.8. The quantitative estimate of drug-likeness (QED) is 0.539. The highest BCUT2D eigenvalue weighted by atomic mass is 32.2. The lowest BCUT2D eigenvalue weighted by Crippen LogP contribution is -2.37. The summed E-state index contributed by atoms with van der Waals surface area (Å²) < 4.78 is 29.4. The number of nitrogens with two attached hydrogens (primary N) is 1. The Hall–Kier alpha value is -2.36. The zero-order valence-electron chi connectivity index (χ0n) is 14.2. The lowest BCUT2D eigenvalue weighted by Gasteiger charge is -2.19. The molecule has 1 aromatic carbocycles. The molecule has 1 aromatic rings. The highest BCUT2D eigenvalue weighted by Crippen LogP contribution is 2.29. The predicted molar refractivity (Wildman–Crippen MR) is 93.0 cm³/mol. The molecule has 0 saturated carbocycles. The molecular weight excluding hydrogens is 348 g/mol. The fourth-order valence-corrected chi connectivity index (χ4v) is 3.81. The van der Waals surface area contributed by atoms with E-state index in [1.54, 1.807) is 0 Å². The topological polar surface area (TPSA) is 131 Å². The van der Waals surface area contributed by atoms with Gasteiger partial charge in [0, 0.05) is 19.2 Å². The average molecular weight is 370 g/mol. The van der Waals surface area contributed by atoms with E-state index in [1.165, 1.54) is 31.2 Å². The Morgan fingerprint density at radius 1 is 1.48 bits per heavy atom. The molecule has 10 heteroatoms. The summed E-state index contributed by atoms with van der Waals surface area (Å²) in [5.74, 6) is -0.448. The highest BCUT2D eigenvalue weighted by molar-refractivity contribution is 7.91. The van der Waals surface area contributed by atoms with Gasteiger partial charge in [-0.2, -0.15) is 0 Å². The van der Waals surface area contributed by atoms with Crippen LogP contribution in [-0.4, -0.2) is 51.3 Å². The number of amides is 1. The third-order valence-corrected chi connectivity index (χ3v) is 6.02. The lowest BCUT2D eigenvalue weighted by atomic mass is 10.1. The number of rotatable bonds is 7. The van der Waals surface area contributed by atoms with Gasteiger partial charge in [0.15, 0.2) is 9.84 Å². The number of hydrogen-bond donors (Lipinski definition) is 2. The molecule has 9 nitrogen and oxygen atoms in total. The molecule has 1 unspecified atom stereocenters. The first-order valence-electron chi connectivity index (χ1n) is 7.92. The van der Waals surface area contributed by atoms with Crippen LogP contribution in [0, 0.1) is 4.91 Å². The molecule has 138 valence electrons. The summed E-state index contributed by atoms with van der Waals surface area (Å²) in [7, 11) is -2.21. The summed E-state index contributed by atoms with van der Waals surface area (Å²) in [5.41, 5.74) is 5.90. The second kappa shape index (κ2) is 7.68. The maximum absolute atomic E-state index is 12.5. The molecule has 0 aromatic heterocycles. The van der Waals surface area contributed by atoms with Gasteiger partial charge in [0.2, 0.25) is 0 Å². The van der Waals surface area contributed by atoms with Gasteiger partial charge < -0.3 is 15.8 Å². The molecule has 2 rings (SSSR count). The molecule has 1 fully saturated rings. The summed E-state index contributed by atoms with van der Waals surface area (Å²) in [6.07, 6.45) is 1.58. The van der Waals surface area contributed by atoms with Gasteiger partial charge in [-0.05, 0) is 18.9 Å². The minimum Gasteiger partial charge on any atom is -0.496 e. The maximum Gasteiger partial charge on any atom is 0.255 e. The van der Waals surface area contributed by atoms with Crippen molar-refractivity contribution in [3.63, 3.8) is 0 Å². The fraction of sp³-hybridized carbons (Fsp3) is 0.533. The first kappa shape index (κ1) is 19.0. The smallest absolute Gasteiger partial charge is 0.255 e. The van der Waals surface area contributed by atoms with Gasteiger partial charge in [-0.25, -0.2) is 8.42 Å². The molecule has 0 aliphatic carbocycles. The number of hydrogen-bond acceptors (Lipinski definition) is 7. The van der Waals surface area contributed by atoms with E-state index in [1.807, 2.05) is 0 Å². The van der Waals surface area contributed by atoms with Crippen molar-refractivity contribution in [2.45, 2.75) is 30.7 Å². The molecule has 1 aliphatic rings. The summed E-state index contributed by atoms with van der Waals surface area (Å²) in [6.45, 7) is 2.29. The third-order valence-electron chi connectivity index (χ3n) is 4.24. The molecule has 0 spiro atoms. The van der Waals surface area contributed by atoms with Gasteiger partial charge >= 0.3 is 0 Å². The van der Waals surface area contributed by atoms with Crippen molar-refractivity contribution in [1.82, 2.24) is 10.3 Å². The Bertz CT molecular complexity index is 765. The number of nitrogens with one attached hydrogen (secondary N) is 1. The Kier molecular flexibility index (Phi) is 5.83. The number of nitrogens with zero attached hydrogens (tertiary/aromatic N) is 2. The molecule has 1 heterocycles. The van der Waals surface area contributed by atoms with Crippen molar-refractivity contribution in [2.75, 3.05) is 31.7 Å². The zero-order chi connectivity index (χ0) is 18.6. The SMILES string of the molecule is CCS(=O)(=O)c1cc(C(=O)NCC2CCCN2N=O)c(OC)cc1N. The Balaban J connectivity index is 2.25. The van der Waals surface area contributed by atoms with Crippen molar-refractivity contribution >= 4 is 21.4 Å². The second-order valence-electron chi connectivity index (χ2n) is 5.74. The van der Waals surface area contributed by atoms with Gasteiger partial charge in [0.05, 0.1) is 40.3 Å². The Labute approximate surface area is 146 Å². The van der Waals surface area contributed by atoms with Crippen molar-refractivity contribution in [3.8, 4) is 5.75 Å².